The fraction of sp³-hybridized carbons (Fsp3) is 0.818. The molecule has 1 heterocycles. The molecule has 1 saturated heterocycles. The summed E-state index contributed by atoms with van der Waals surface area (Å²) in [6.45, 7) is 20.7. The fourth-order valence-electron chi connectivity index (χ4n) is 14.3. The Kier molecular flexibility index (Phi) is 9.76. The Morgan fingerprint density at radius 1 is 0.942 bits per heavy atom. The SMILES string of the molecule is CC(C)C1=C2[C@H]3CC[C@@H]4[C@@]5(C)CC=C(C6=CCC(C(=O)O)CC6)C(C)(C)[C@@H]5CC[C@@]4(C)[C@]3(C)CC[C@@]2(NCCN2CCC(S(C)(=O)=O)CC2)CC1=O. The minimum absolute atomic E-state index is 0.0465. The molecular weight excluding hydrogens is 669 g/mol. The molecule has 0 aromatic heterocycles. The number of Topliss-reactive ketones (excluding diaryl/α,β-unsaturated/α-hetero) is 1. The minimum Gasteiger partial charge on any atom is -0.481 e. The summed E-state index contributed by atoms with van der Waals surface area (Å²) in [5.41, 5.74) is 5.78. The summed E-state index contributed by atoms with van der Waals surface area (Å²) in [4.78, 5) is 28.1. The van der Waals surface area contributed by atoms with Crippen molar-refractivity contribution in [2.75, 3.05) is 32.4 Å². The first kappa shape index (κ1) is 38.5. The number of carbonyl (C=O) groups is 2. The first-order valence-corrected chi connectivity index (χ1v) is 22.8. The Morgan fingerprint density at radius 2 is 1.65 bits per heavy atom. The van der Waals surface area contributed by atoms with Crippen molar-refractivity contribution in [2.24, 2.45) is 51.2 Å². The first-order chi connectivity index (χ1) is 24.3. The number of carboxylic acid groups (broad SMARTS) is 1. The number of carboxylic acids is 1. The van der Waals surface area contributed by atoms with Gasteiger partial charge in [-0.25, -0.2) is 8.42 Å². The van der Waals surface area contributed by atoms with Gasteiger partial charge in [-0.15, -0.1) is 0 Å². The van der Waals surface area contributed by atoms with Crippen LogP contribution in [0.2, 0.25) is 0 Å². The molecule has 0 bridgehead atoms. The highest BCUT2D eigenvalue weighted by Crippen LogP contribution is 2.76. The van der Waals surface area contributed by atoms with Gasteiger partial charge in [-0.05, 0) is 158 Å². The summed E-state index contributed by atoms with van der Waals surface area (Å²) in [7, 11) is -2.99. The number of allylic oxidation sites excluding steroid dienone is 5. The molecule has 8 atom stereocenters. The van der Waals surface area contributed by atoms with Crippen molar-refractivity contribution in [2.45, 2.75) is 143 Å². The van der Waals surface area contributed by atoms with Crippen LogP contribution in [0.15, 0.2) is 34.4 Å². The van der Waals surface area contributed by atoms with Gasteiger partial charge in [-0.3, -0.25) is 9.59 Å². The highest BCUT2D eigenvalue weighted by molar-refractivity contribution is 7.91. The summed E-state index contributed by atoms with van der Waals surface area (Å²) in [6, 6.07) is 0. The minimum atomic E-state index is -2.99. The van der Waals surface area contributed by atoms with E-state index in [0.717, 1.165) is 70.3 Å². The van der Waals surface area contributed by atoms with Gasteiger partial charge >= 0.3 is 5.97 Å². The van der Waals surface area contributed by atoms with Crippen molar-refractivity contribution in [3.8, 4) is 0 Å². The number of likely N-dealkylation sites (tertiary alicyclic amines) is 1. The molecule has 290 valence electrons. The number of ketones is 1. The Balaban J connectivity index is 1.14. The van der Waals surface area contributed by atoms with Crippen LogP contribution in [0.1, 0.15) is 132 Å². The smallest absolute Gasteiger partial charge is 0.306 e. The van der Waals surface area contributed by atoms with E-state index in [-0.39, 0.29) is 44.3 Å². The van der Waals surface area contributed by atoms with Gasteiger partial charge in [-0.1, -0.05) is 60.6 Å². The molecule has 0 aromatic carbocycles. The number of nitrogens with zero attached hydrogens (tertiary/aromatic N) is 1. The molecule has 2 N–H and O–H groups in total. The van der Waals surface area contributed by atoms with Crippen LogP contribution >= 0.6 is 0 Å². The molecule has 3 saturated carbocycles. The number of fused-ring (bicyclic) bond motifs is 7. The molecule has 52 heavy (non-hydrogen) atoms. The number of hydrogen-bond acceptors (Lipinski definition) is 6. The molecule has 1 aliphatic heterocycles. The molecule has 1 unspecified atom stereocenters. The van der Waals surface area contributed by atoms with Crippen molar-refractivity contribution >= 4 is 21.6 Å². The Labute approximate surface area is 314 Å². The molecule has 8 heteroatoms. The van der Waals surface area contributed by atoms with Crippen LogP contribution in [0, 0.1) is 51.2 Å². The average Bonchev–Trinajstić information content (AvgIpc) is 3.37. The fourth-order valence-corrected chi connectivity index (χ4v) is 15.4. The van der Waals surface area contributed by atoms with Crippen molar-refractivity contribution < 1.29 is 23.1 Å². The summed E-state index contributed by atoms with van der Waals surface area (Å²) >= 11 is 0. The number of nitrogens with one attached hydrogen (secondary N) is 1. The van der Waals surface area contributed by atoms with Crippen molar-refractivity contribution in [3.63, 3.8) is 0 Å². The van der Waals surface area contributed by atoms with Gasteiger partial charge in [0.15, 0.2) is 5.78 Å². The maximum atomic E-state index is 14.0. The molecule has 7 aliphatic rings. The van der Waals surface area contributed by atoms with Crippen molar-refractivity contribution in [1.82, 2.24) is 10.2 Å². The van der Waals surface area contributed by atoms with Crippen LogP contribution in [0.4, 0.5) is 0 Å². The number of rotatable bonds is 8. The summed E-state index contributed by atoms with van der Waals surface area (Å²) in [5, 5.41) is 13.5. The number of piperidine rings is 1. The van der Waals surface area contributed by atoms with E-state index in [2.05, 4.69) is 70.8 Å². The summed E-state index contributed by atoms with van der Waals surface area (Å²) < 4.78 is 24.3. The zero-order valence-corrected chi connectivity index (χ0v) is 34.4. The number of aliphatic carboxylic acids is 1. The van der Waals surface area contributed by atoms with Crippen LogP contribution in [0.3, 0.4) is 0 Å². The van der Waals surface area contributed by atoms with E-state index >= 15 is 0 Å². The highest BCUT2D eigenvalue weighted by atomic mass is 32.2. The lowest BCUT2D eigenvalue weighted by molar-refractivity contribution is -0.196. The van der Waals surface area contributed by atoms with E-state index in [1.54, 1.807) is 0 Å². The Morgan fingerprint density at radius 3 is 2.27 bits per heavy atom. The quantitative estimate of drug-likeness (QED) is 0.259. The standard InChI is InChI=1S/C44H68N2O5S/c1-28(2)37-34(47)27-44(45-23-26-46-24-17-31(18-25-46)52(8,50)51)22-21-42(6)33(38(37)44)13-14-36-41(5)19-15-32(29-9-11-30(12-10-29)39(48)49)40(3,4)35(41)16-20-43(36,42)7/h9,15,28,30-31,33,35-36,45H,10-14,16-27H2,1-8H3,(H,48,49)/t30?,33-,35+,36-,41+,42-,43-,44-/m1/s1. The van der Waals surface area contributed by atoms with E-state index in [0.29, 0.717) is 49.2 Å². The Bertz CT molecular complexity index is 1680. The van der Waals surface area contributed by atoms with Gasteiger partial charge in [0.05, 0.1) is 11.2 Å². The van der Waals surface area contributed by atoms with E-state index in [1.807, 2.05) is 0 Å². The van der Waals surface area contributed by atoms with Gasteiger partial charge in [0.25, 0.3) is 0 Å². The molecule has 0 spiro atoms. The number of carbonyl (C=O) groups excluding carboxylic acids is 1. The van der Waals surface area contributed by atoms with E-state index in [4.69, 9.17) is 0 Å². The highest BCUT2D eigenvalue weighted by Gasteiger charge is 2.69. The van der Waals surface area contributed by atoms with Gasteiger partial charge in [0, 0.05) is 31.3 Å². The van der Waals surface area contributed by atoms with Crippen LogP contribution in [-0.4, -0.2) is 73.4 Å². The zero-order valence-electron chi connectivity index (χ0n) is 33.6. The molecule has 4 fully saturated rings. The van der Waals surface area contributed by atoms with Gasteiger partial charge in [-0.2, -0.15) is 0 Å². The third-order valence-corrected chi connectivity index (χ3v) is 18.8. The third kappa shape index (κ3) is 5.88. The van der Waals surface area contributed by atoms with Gasteiger partial charge < -0.3 is 15.3 Å². The largest absolute Gasteiger partial charge is 0.481 e. The van der Waals surface area contributed by atoms with Crippen LogP contribution in [0.5, 0.6) is 0 Å². The van der Waals surface area contributed by atoms with Gasteiger partial charge in [0.1, 0.15) is 9.84 Å². The normalized spacial score (nSPS) is 41.1. The lowest BCUT2D eigenvalue weighted by atomic mass is 9.33. The first-order valence-electron chi connectivity index (χ1n) is 20.9. The summed E-state index contributed by atoms with van der Waals surface area (Å²) in [5.74, 6) is 1.27. The predicted octanol–water partition coefficient (Wildman–Crippen LogP) is 8.17. The maximum absolute atomic E-state index is 14.0. The lowest BCUT2D eigenvalue weighted by Crippen LogP contribution is -2.66. The second kappa shape index (κ2) is 13.2. The molecule has 6 aliphatic carbocycles. The van der Waals surface area contributed by atoms with Crippen LogP contribution < -0.4 is 5.32 Å². The molecular formula is C44H68N2O5S. The second-order valence-electron chi connectivity index (χ2n) is 20.2. The van der Waals surface area contributed by atoms with Crippen molar-refractivity contribution in [3.05, 3.63) is 34.4 Å². The molecule has 7 nitrogen and oxygen atoms in total. The summed E-state index contributed by atoms with van der Waals surface area (Å²) in [6.07, 6.45) is 18.5. The zero-order chi connectivity index (χ0) is 37.6. The topological polar surface area (TPSA) is 104 Å². The monoisotopic (exact) mass is 736 g/mol. The molecule has 0 aromatic rings. The third-order valence-electron chi connectivity index (χ3n) is 17.1. The lowest BCUT2D eigenvalue weighted by Gasteiger charge is -2.71. The van der Waals surface area contributed by atoms with Crippen LogP contribution in [0.25, 0.3) is 0 Å². The van der Waals surface area contributed by atoms with E-state index < -0.39 is 15.8 Å². The van der Waals surface area contributed by atoms with Crippen LogP contribution in [-0.2, 0) is 19.4 Å². The van der Waals surface area contributed by atoms with E-state index in [9.17, 15) is 23.1 Å². The number of sulfone groups is 1. The second-order valence-corrected chi connectivity index (χ2v) is 22.5. The molecule has 7 rings (SSSR count). The molecule has 0 amide bonds. The molecule has 0 radical (unpaired) electrons. The van der Waals surface area contributed by atoms with Gasteiger partial charge in [0.2, 0.25) is 0 Å². The Hall–Kier alpha value is -1.77. The van der Waals surface area contributed by atoms with Crippen molar-refractivity contribution in [1.29, 1.82) is 0 Å². The van der Waals surface area contributed by atoms with E-state index in [1.165, 1.54) is 42.2 Å². The maximum Gasteiger partial charge on any atom is 0.306 e. The average molecular weight is 737 g/mol. The predicted molar refractivity (Wildman–Crippen MR) is 209 cm³/mol. The number of hydrogen-bond donors (Lipinski definition) is 2.